The fourth-order valence-corrected chi connectivity index (χ4v) is 3.75. The molecule has 1 aliphatic rings. The van der Waals surface area contributed by atoms with Gasteiger partial charge in [-0.2, -0.15) is 5.10 Å². The summed E-state index contributed by atoms with van der Waals surface area (Å²) in [5, 5.41) is 21.3. The van der Waals surface area contributed by atoms with Crippen LogP contribution < -0.4 is 5.73 Å². The van der Waals surface area contributed by atoms with Crippen molar-refractivity contribution in [2.75, 3.05) is 0 Å². The lowest BCUT2D eigenvalue weighted by Crippen LogP contribution is -2.15. The van der Waals surface area contributed by atoms with Gasteiger partial charge in [-0.15, -0.1) is 16.4 Å². The fraction of sp³-hybridized carbons (Fsp3) is 0.357. The van der Waals surface area contributed by atoms with E-state index in [1.807, 2.05) is 12.3 Å². The molecule has 0 spiro atoms. The third kappa shape index (κ3) is 2.64. The first-order valence-corrected chi connectivity index (χ1v) is 8.24. The molecule has 3 aromatic rings. The van der Waals surface area contributed by atoms with Crippen molar-refractivity contribution in [2.45, 2.75) is 31.8 Å². The van der Waals surface area contributed by atoms with Gasteiger partial charge in [0.25, 0.3) is 5.91 Å². The molecule has 9 nitrogen and oxygen atoms in total. The van der Waals surface area contributed by atoms with Crippen LogP contribution in [0.4, 0.5) is 0 Å². The van der Waals surface area contributed by atoms with Crippen molar-refractivity contribution in [3.8, 4) is 0 Å². The Morgan fingerprint density at radius 3 is 2.88 bits per heavy atom. The van der Waals surface area contributed by atoms with E-state index < -0.39 is 11.9 Å². The Morgan fingerprint density at radius 1 is 1.42 bits per heavy atom. The van der Waals surface area contributed by atoms with E-state index in [-0.39, 0.29) is 12.2 Å². The van der Waals surface area contributed by atoms with Gasteiger partial charge in [0.1, 0.15) is 6.54 Å². The molecule has 0 saturated heterocycles. The standard InChI is InChI=1S/C14H14N6O3S/c15-14(23)12-13-10(20(17-12)6-11(21)22)3-8(24-13)4-19-5-9(16-18-19)7-1-2-7/h3,5,7H,1-2,4,6H2,(H2,15,23)(H,21,22). The SMILES string of the molecule is NC(=O)c1nn(CC(=O)O)c2cc(Cn3cc(C4CC4)nn3)sc12. The van der Waals surface area contributed by atoms with E-state index in [1.54, 1.807) is 4.68 Å². The molecule has 0 unspecified atom stereocenters. The summed E-state index contributed by atoms with van der Waals surface area (Å²) in [6, 6.07) is 1.82. The maximum absolute atomic E-state index is 11.5. The summed E-state index contributed by atoms with van der Waals surface area (Å²) in [7, 11) is 0. The minimum Gasteiger partial charge on any atom is -0.480 e. The van der Waals surface area contributed by atoms with Gasteiger partial charge in [-0.1, -0.05) is 5.21 Å². The highest BCUT2D eigenvalue weighted by molar-refractivity contribution is 7.19. The molecular formula is C14H14N6O3S. The predicted octanol–water partition coefficient (Wildman–Crippen LogP) is 0.798. The Labute approximate surface area is 139 Å². The number of fused-ring (bicyclic) bond motifs is 1. The van der Waals surface area contributed by atoms with Crippen LogP contribution in [0, 0.1) is 0 Å². The highest BCUT2D eigenvalue weighted by Crippen LogP contribution is 2.38. The van der Waals surface area contributed by atoms with Gasteiger partial charge in [0.15, 0.2) is 5.69 Å². The van der Waals surface area contributed by atoms with Crippen molar-refractivity contribution in [3.63, 3.8) is 0 Å². The summed E-state index contributed by atoms with van der Waals surface area (Å²) < 4.78 is 3.63. The Hall–Kier alpha value is -2.75. The summed E-state index contributed by atoms with van der Waals surface area (Å²) in [5.41, 5.74) is 7.04. The van der Waals surface area contributed by atoms with Crippen molar-refractivity contribution in [2.24, 2.45) is 5.73 Å². The molecule has 0 bridgehead atoms. The molecular weight excluding hydrogens is 332 g/mol. The molecule has 124 valence electrons. The number of carboxylic acid groups (broad SMARTS) is 1. The Bertz CT molecular complexity index is 951. The molecule has 1 aliphatic carbocycles. The van der Waals surface area contributed by atoms with Gasteiger partial charge in [0.2, 0.25) is 0 Å². The number of rotatable bonds is 6. The molecule has 10 heteroatoms. The fourth-order valence-electron chi connectivity index (χ4n) is 2.62. The van der Waals surface area contributed by atoms with E-state index in [4.69, 9.17) is 10.8 Å². The molecule has 24 heavy (non-hydrogen) atoms. The van der Waals surface area contributed by atoms with Crippen molar-refractivity contribution in [1.82, 2.24) is 24.8 Å². The summed E-state index contributed by atoms with van der Waals surface area (Å²) >= 11 is 1.36. The zero-order valence-electron chi connectivity index (χ0n) is 12.5. The average molecular weight is 346 g/mol. The number of amides is 1. The largest absolute Gasteiger partial charge is 0.480 e. The van der Waals surface area contributed by atoms with E-state index in [9.17, 15) is 9.59 Å². The number of carboxylic acids is 1. The molecule has 0 aromatic carbocycles. The first-order chi connectivity index (χ1) is 11.5. The maximum Gasteiger partial charge on any atom is 0.325 e. The van der Waals surface area contributed by atoms with E-state index in [2.05, 4.69) is 15.4 Å². The molecule has 0 aliphatic heterocycles. The van der Waals surface area contributed by atoms with Gasteiger partial charge in [-0.3, -0.25) is 14.3 Å². The lowest BCUT2D eigenvalue weighted by molar-refractivity contribution is -0.137. The normalized spacial score (nSPS) is 14.3. The topological polar surface area (TPSA) is 129 Å². The van der Waals surface area contributed by atoms with E-state index in [0.717, 1.165) is 23.4 Å². The number of hydrogen-bond acceptors (Lipinski definition) is 6. The second-order valence-corrected chi connectivity index (χ2v) is 6.94. The van der Waals surface area contributed by atoms with Crippen molar-refractivity contribution in [1.29, 1.82) is 0 Å². The lowest BCUT2D eigenvalue weighted by Gasteiger charge is -1.98. The minimum absolute atomic E-state index is 0.0970. The maximum atomic E-state index is 11.5. The molecule has 3 N–H and O–H groups in total. The number of primary amides is 1. The zero-order valence-corrected chi connectivity index (χ0v) is 13.4. The van der Waals surface area contributed by atoms with Crippen molar-refractivity contribution < 1.29 is 14.7 Å². The second kappa shape index (κ2) is 5.41. The lowest BCUT2D eigenvalue weighted by atomic mass is 10.3. The second-order valence-electron chi connectivity index (χ2n) is 5.81. The van der Waals surface area contributed by atoms with Gasteiger partial charge in [-0.25, -0.2) is 4.68 Å². The van der Waals surface area contributed by atoms with Crippen LogP contribution in [0.15, 0.2) is 12.3 Å². The van der Waals surface area contributed by atoms with E-state index in [1.165, 1.54) is 16.0 Å². The number of carbonyl (C=O) groups excluding carboxylic acids is 1. The number of nitrogens with zero attached hydrogens (tertiary/aromatic N) is 5. The molecule has 0 radical (unpaired) electrons. The number of carbonyl (C=O) groups is 2. The van der Waals surface area contributed by atoms with Crippen LogP contribution in [0.25, 0.3) is 10.2 Å². The quantitative estimate of drug-likeness (QED) is 0.679. The van der Waals surface area contributed by atoms with Crippen LogP contribution in [0.1, 0.15) is 39.8 Å². The monoisotopic (exact) mass is 346 g/mol. The molecule has 3 aromatic heterocycles. The third-order valence-electron chi connectivity index (χ3n) is 3.87. The molecule has 1 saturated carbocycles. The molecule has 3 heterocycles. The summed E-state index contributed by atoms with van der Waals surface area (Å²) in [5.74, 6) is -1.17. The number of nitrogens with two attached hydrogens (primary N) is 1. The van der Waals surface area contributed by atoms with E-state index in [0.29, 0.717) is 22.7 Å². The Morgan fingerprint density at radius 2 is 2.21 bits per heavy atom. The van der Waals surface area contributed by atoms with Crippen LogP contribution >= 0.6 is 11.3 Å². The average Bonchev–Trinajstić information content (AvgIpc) is 2.97. The smallest absolute Gasteiger partial charge is 0.325 e. The van der Waals surface area contributed by atoms with Gasteiger partial charge < -0.3 is 10.8 Å². The van der Waals surface area contributed by atoms with Crippen LogP contribution in [0.2, 0.25) is 0 Å². The van der Waals surface area contributed by atoms with Crippen LogP contribution in [0.5, 0.6) is 0 Å². The van der Waals surface area contributed by atoms with E-state index >= 15 is 0 Å². The van der Waals surface area contributed by atoms with Crippen LogP contribution in [-0.2, 0) is 17.9 Å². The Balaban J connectivity index is 1.67. The van der Waals surface area contributed by atoms with Gasteiger partial charge in [-0.05, 0) is 18.9 Å². The Kier molecular flexibility index (Phi) is 3.34. The highest BCUT2D eigenvalue weighted by atomic mass is 32.1. The number of aliphatic carboxylic acids is 1. The third-order valence-corrected chi connectivity index (χ3v) is 4.98. The van der Waals surface area contributed by atoms with Crippen molar-refractivity contribution >= 4 is 33.4 Å². The van der Waals surface area contributed by atoms with Gasteiger partial charge in [0.05, 0.1) is 22.5 Å². The predicted molar refractivity (Wildman–Crippen MR) is 84.9 cm³/mol. The minimum atomic E-state index is -1.03. The molecule has 4 rings (SSSR count). The molecule has 1 fully saturated rings. The number of aromatic nitrogens is 5. The van der Waals surface area contributed by atoms with Crippen LogP contribution in [0.3, 0.4) is 0 Å². The molecule has 1 amide bonds. The summed E-state index contributed by atoms with van der Waals surface area (Å²) in [6.07, 6.45) is 4.25. The number of thiophene rings is 1. The zero-order chi connectivity index (χ0) is 16.8. The number of hydrogen-bond donors (Lipinski definition) is 2. The van der Waals surface area contributed by atoms with Crippen LogP contribution in [-0.4, -0.2) is 41.8 Å². The van der Waals surface area contributed by atoms with Crippen molar-refractivity contribution in [3.05, 3.63) is 28.5 Å². The first kappa shape index (κ1) is 14.8. The van der Waals surface area contributed by atoms with Gasteiger partial charge >= 0.3 is 5.97 Å². The first-order valence-electron chi connectivity index (χ1n) is 7.42. The van der Waals surface area contributed by atoms with Gasteiger partial charge in [0, 0.05) is 17.0 Å². The highest BCUT2D eigenvalue weighted by Gasteiger charge is 2.26. The molecule has 0 atom stereocenters. The summed E-state index contributed by atoms with van der Waals surface area (Å²) in [6.45, 7) is 0.180. The summed E-state index contributed by atoms with van der Waals surface area (Å²) in [4.78, 5) is 23.4.